The summed E-state index contributed by atoms with van der Waals surface area (Å²) in [6.07, 6.45) is 2.82. The number of furan rings is 2. The van der Waals surface area contributed by atoms with Crippen LogP contribution in [0.5, 0.6) is 0 Å². The molecule has 0 fully saturated rings. The smallest absolute Gasteiger partial charge is 0.340 e. The van der Waals surface area contributed by atoms with Crippen LogP contribution < -0.4 is 0 Å². The van der Waals surface area contributed by atoms with E-state index in [1.165, 1.54) is 0 Å². The van der Waals surface area contributed by atoms with E-state index >= 15 is 0 Å². The summed E-state index contributed by atoms with van der Waals surface area (Å²) in [6, 6.07) is 14.9. The van der Waals surface area contributed by atoms with Crippen molar-refractivity contribution in [3.8, 4) is 0 Å². The summed E-state index contributed by atoms with van der Waals surface area (Å²) in [4.78, 5) is 14.1. The van der Waals surface area contributed by atoms with Gasteiger partial charge in [-0.1, -0.05) is 18.2 Å². The molecular formula is C18H15NO4. The number of cyclic esters (lactones) is 1. The highest BCUT2D eigenvalue weighted by Crippen LogP contribution is 2.35. The number of ether oxygens (including phenoxy) is 1. The predicted molar refractivity (Wildman–Crippen MR) is 81.3 cm³/mol. The molecule has 5 heteroatoms. The largest absolute Gasteiger partial charge is 0.468 e. The number of nitrogens with zero attached hydrogens (tertiary/aromatic N) is 1. The molecule has 1 atom stereocenters. The van der Waals surface area contributed by atoms with Crippen molar-refractivity contribution in [2.75, 3.05) is 0 Å². The van der Waals surface area contributed by atoms with Crippen molar-refractivity contribution < 1.29 is 18.4 Å². The van der Waals surface area contributed by atoms with Crippen molar-refractivity contribution in [2.24, 2.45) is 0 Å². The SMILES string of the molecule is O=C1OC(N(Cc2ccco2)Cc2ccco2)c2ccccc21. The van der Waals surface area contributed by atoms with Crippen molar-refractivity contribution >= 4 is 5.97 Å². The van der Waals surface area contributed by atoms with Gasteiger partial charge < -0.3 is 13.6 Å². The molecule has 1 unspecified atom stereocenters. The Morgan fingerprint density at radius 3 is 2.13 bits per heavy atom. The summed E-state index contributed by atoms with van der Waals surface area (Å²) < 4.78 is 16.5. The highest BCUT2D eigenvalue weighted by Gasteiger charge is 2.35. The van der Waals surface area contributed by atoms with Crippen LogP contribution in [-0.2, 0) is 17.8 Å². The molecule has 0 amide bonds. The quantitative estimate of drug-likeness (QED) is 0.672. The Balaban J connectivity index is 1.66. The molecule has 0 N–H and O–H groups in total. The highest BCUT2D eigenvalue weighted by atomic mass is 16.6. The molecule has 4 rings (SSSR count). The molecule has 0 aliphatic carbocycles. The number of carbonyl (C=O) groups is 1. The zero-order valence-electron chi connectivity index (χ0n) is 12.3. The van der Waals surface area contributed by atoms with Gasteiger partial charge in [0.2, 0.25) is 0 Å². The maximum atomic E-state index is 12.1. The first-order valence-electron chi connectivity index (χ1n) is 7.40. The summed E-state index contributed by atoms with van der Waals surface area (Å²) in [6.45, 7) is 1.03. The molecule has 0 bridgehead atoms. The average Bonchev–Trinajstić information content (AvgIpc) is 3.29. The van der Waals surface area contributed by atoms with Crippen molar-refractivity contribution in [3.63, 3.8) is 0 Å². The summed E-state index contributed by atoms with van der Waals surface area (Å²) in [5.74, 6) is 1.31. The fourth-order valence-corrected chi connectivity index (χ4v) is 2.82. The van der Waals surface area contributed by atoms with E-state index in [9.17, 15) is 4.79 Å². The molecule has 1 aromatic carbocycles. The van der Waals surface area contributed by atoms with E-state index in [2.05, 4.69) is 0 Å². The molecule has 2 aromatic heterocycles. The molecule has 3 aromatic rings. The molecule has 116 valence electrons. The Kier molecular flexibility index (Phi) is 3.48. The van der Waals surface area contributed by atoms with Gasteiger partial charge in [0, 0.05) is 5.56 Å². The van der Waals surface area contributed by atoms with Crippen LogP contribution in [0.25, 0.3) is 0 Å². The number of hydrogen-bond donors (Lipinski definition) is 0. The first-order valence-corrected chi connectivity index (χ1v) is 7.40. The number of benzene rings is 1. The summed E-state index contributed by atoms with van der Waals surface area (Å²) in [7, 11) is 0. The second-order valence-corrected chi connectivity index (χ2v) is 5.41. The van der Waals surface area contributed by atoms with E-state index in [0.717, 1.165) is 17.1 Å². The van der Waals surface area contributed by atoms with E-state index in [-0.39, 0.29) is 5.97 Å². The van der Waals surface area contributed by atoms with Gasteiger partial charge in [0.05, 0.1) is 31.2 Å². The van der Waals surface area contributed by atoms with Gasteiger partial charge in [0.1, 0.15) is 11.5 Å². The first-order chi connectivity index (χ1) is 11.3. The van der Waals surface area contributed by atoms with Gasteiger partial charge in [-0.3, -0.25) is 0 Å². The lowest BCUT2D eigenvalue weighted by Crippen LogP contribution is -2.28. The Hall–Kier alpha value is -2.79. The predicted octanol–water partition coefficient (Wildman–Crippen LogP) is 3.74. The zero-order valence-corrected chi connectivity index (χ0v) is 12.3. The number of fused-ring (bicyclic) bond motifs is 1. The van der Waals surface area contributed by atoms with Crippen LogP contribution in [0.15, 0.2) is 69.9 Å². The number of rotatable bonds is 5. The van der Waals surface area contributed by atoms with E-state index < -0.39 is 6.23 Å². The minimum absolute atomic E-state index is 0.297. The molecule has 1 aliphatic heterocycles. The minimum atomic E-state index is -0.450. The Bertz CT molecular complexity index is 756. The van der Waals surface area contributed by atoms with Crippen LogP contribution in [0.2, 0.25) is 0 Å². The maximum Gasteiger partial charge on any atom is 0.340 e. The van der Waals surface area contributed by atoms with Gasteiger partial charge in [0.25, 0.3) is 0 Å². The van der Waals surface area contributed by atoms with Gasteiger partial charge >= 0.3 is 5.97 Å². The average molecular weight is 309 g/mol. The summed E-state index contributed by atoms with van der Waals surface area (Å²) in [5.41, 5.74) is 1.48. The normalized spacial score (nSPS) is 16.6. The number of esters is 1. The molecule has 0 saturated heterocycles. The lowest BCUT2D eigenvalue weighted by atomic mass is 10.1. The molecule has 23 heavy (non-hydrogen) atoms. The fraction of sp³-hybridized carbons (Fsp3) is 0.167. The lowest BCUT2D eigenvalue weighted by molar-refractivity contribution is -0.0359. The summed E-state index contributed by atoms with van der Waals surface area (Å²) in [5, 5.41) is 0. The van der Waals surface area contributed by atoms with E-state index in [0.29, 0.717) is 18.7 Å². The molecule has 0 saturated carbocycles. The Morgan fingerprint density at radius 1 is 0.870 bits per heavy atom. The molecular weight excluding hydrogens is 294 g/mol. The van der Waals surface area contributed by atoms with Gasteiger partial charge in [-0.2, -0.15) is 0 Å². The highest BCUT2D eigenvalue weighted by molar-refractivity contribution is 5.93. The van der Waals surface area contributed by atoms with Gasteiger partial charge in [-0.15, -0.1) is 0 Å². The van der Waals surface area contributed by atoms with Crippen LogP contribution in [0.4, 0.5) is 0 Å². The molecule has 0 spiro atoms. The van der Waals surface area contributed by atoms with Crippen molar-refractivity contribution in [3.05, 3.63) is 83.7 Å². The third kappa shape index (κ3) is 2.66. The Morgan fingerprint density at radius 2 is 1.52 bits per heavy atom. The maximum absolute atomic E-state index is 12.1. The summed E-state index contributed by atoms with van der Waals surface area (Å²) >= 11 is 0. The molecule has 5 nitrogen and oxygen atoms in total. The number of carbonyl (C=O) groups excluding carboxylic acids is 1. The van der Waals surface area contributed by atoms with Crippen LogP contribution in [0.1, 0.15) is 33.7 Å². The second-order valence-electron chi connectivity index (χ2n) is 5.41. The fourth-order valence-electron chi connectivity index (χ4n) is 2.82. The van der Waals surface area contributed by atoms with Crippen molar-refractivity contribution in [1.29, 1.82) is 0 Å². The molecule has 3 heterocycles. The first kappa shape index (κ1) is 13.8. The topological polar surface area (TPSA) is 55.8 Å². The monoisotopic (exact) mass is 309 g/mol. The van der Waals surface area contributed by atoms with E-state index in [1.54, 1.807) is 18.6 Å². The standard InChI is InChI=1S/C18H15NO4/c20-18-16-8-2-1-7-15(16)17(23-18)19(11-13-5-3-9-21-13)12-14-6-4-10-22-14/h1-10,17H,11-12H2. The molecule has 1 aliphatic rings. The van der Waals surface area contributed by atoms with Crippen LogP contribution in [0.3, 0.4) is 0 Å². The van der Waals surface area contributed by atoms with Gasteiger partial charge in [0.15, 0.2) is 6.23 Å². The Labute approximate surface area is 133 Å². The minimum Gasteiger partial charge on any atom is -0.468 e. The van der Waals surface area contributed by atoms with Crippen molar-refractivity contribution in [1.82, 2.24) is 4.90 Å². The van der Waals surface area contributed by atoms with Gasteiger partial charge in [-0.05, 0) is 30.3 Å². The third-order valence-corrected chi connectivity index (χ3v) is 3.88. The zero-order chi connectivity index (χ0) is 15.6. The lowest BCUT2D eigenvalue weighted by Gasteiger charge is -2.26. The number of hydrogen-bond acceptors (Lipinski definition) is 5. The third-order valence-electron chi connectivity index (χ3n) is 3.88. The van der Waals surface area contributed by atoms with E-state index in [1.807, 2.05) is 47.4 Å². The van der Waals surface area contributed by atoms with Crippen LogP contribution in [-0.4, -0.2) is 10.9 Å². The van der Waals surface area contributed by atoms with Crippen LogP contribution in [0, 0.1) is 0 Å². The van der Waals surface area contributed by atoms with Crippen LogP contribution >= 0.6 is 0 Å². The second kappa shape index (κ2) is 5.78. The molecule has 0 radical (unpaired) electrons. The van der Waals surface area contributed by atoms with E-state index in [4.69, 9.17) is 13.6 Å². The van der Waals surface area contributed by atoms with Crippen molar-refractivity contribution in [2.45, 2.75) is 19.3 Å². The van der Waals surface area contributed by atoms with Gasteiger partial charge in [-0.25, -0.2) is 9.69 Å².